The number of hydrogen-bond donors (Lipinski definition) is 2. The summed E-state index contributed by atoms with van der Waals surface area (Å²) in [7, 11) is 2.19. The van der Waals surface area contributed by atoms with Crippen molar-refractivity contribution >= 4 is 0 Å². The van der Waals surface area contributed by atoms with E-state index in [0.717, 1.165) is 19.4 Å². The molecule has 0 radical (unpaired) electrons. The Balaban J connectivity index is 1.91. The first kappa shape index (κ1) is 11.4. The number of aliphatic hydroxyl groups excluding tert-OH is 1. The number of nitrogens with one attached hydrogen (secondary N) is 1. The van der Waals surface area contributed by atoms with Crippen LogP contribution in [0.4, 0.5) is 0 Å². The fraction of sp³-hybridized carbons (Fsp3) is 1.00. The second kappa shape index (κ2) is 4.40. The molecule has 3 nitrogen and oxygen atoms in total. The van der Waals surface area contributed by atoms with Gasteiger partial charge in [-0.25, -0.2) is 0 Å². The van der Waals surface area contributed by atoms with Crippen molar-refractivity contribution in [2.75, 3.05) is 20.2 Å². The van der Waals surface area contributed by atoms with Crippen molar-refractivity contribution < 1.29 is 5.11 Å². The summed E-state index contributed by atoms with van der Waals surface area (Å²) in [4.78, 5) is 2.41. The van der Waals surface area contributed by atoms with Crippen LogP contribution in [0.25, 0.3) is 0 Å². The fourth-order valence-electron chi connectivity index (χ4n) is 2.71. The van der Waals surface area contributed by atoms with Crippen LogP contribution in [0.5, 0.6) is 0 Å². The van der Waals surface area contributed by atoms with Gasteiger partial charge in [-0.1, -0.05) is 6.92 Å². The number of nitrogens with zero attached hydrogens (tertiary/aromatic N) is 1. The zero-order chi connectivity index (χ0) is 10.9. The smallest absolute Gasteiger partial charge is 0.0614 e. The molecule has 0 aromatic carbocycles. The molecule has 0 bridgehead atoms. The summed E-state index contributed by atoms with van der Waals surface area (Å²) in [5, 5.41) is 13.2. The summed E-state index contributed by atoms with van der Waals surface area (Å²) in [5.74, 6) is 0. The van der Waals surface area contributed by atoms with Crippen LogP contribution in [0.2, 0.25) is 0 Å². The minimum atomic E-state index is 0.0370. The highest BCUT2D eigenvalue weighted by Crippen LogP contribution is 2.35. The SMILES string of the molecule is CCN(C)C1CCC(CO)(NC2CC2)C1. The summed E-state index contributed by atoms with van der Waals surface area (Å²) in [5.41, 5.74) is 0.0370. The van der Waals surface area contributed by atoms with Crippen LogP contribution in [0.15, 0.2) is 0 Å². The van der Waals surface area contributed by atoms with E-state index in [9.17, 15) is 5.11 Å². The van der Waals surface area contributed by atoms with Crippen molar-refractivity contribution in [3.63, 3.8) is 0 Å². The molecule has 2 unspecified atom stereocenters. The molecule has 2 atom stereocenters. The van der Waals surface area contributed by atoms with Crippen LogP contribution in [0.1, 0.15) is 39.0 Å². The Morgan fingerprint density at radius 2 is 2.13 bits per heavy atom. The van der Waals surface area contributed by atoms with Gasteiger partial charge in [-0.15, -0.1) is 0 Å². The van der Waals surface area contributed by atoms with E-state index in [2.05, 4.69) is 24.2 Å². The van der Waals surface area contributed by atoms with E-state index >= 15 is 0 Å². The standard InChI is InChI=1S/C12H24N2O/c1-3-14(2)11-6-7-12(8-11,9-15)13-10-4-5-10/h10-11,13,15H,3-9H2,1-2H3. The Labute approximate surface area is 92.8 Å². The molecular formula is C12H24N2O. The van der Waals surface area contributed by atoms with Crippen molar-refractivity contribution in [1.29, 1.82) is 0 Å². The van der Waals surface area contributed by atoms with Gasteiger partial charge in [-0.05, 0) is 45.7 Å². The molecular weight excluding hydrogens is 188 g/mol. The molecule has 2 N–H and O–H groups in total. The van der Waals surface area contributed by atoms with Gasteiger partial charge in [0.05, 0.1) is 6.61 Å². The first-order valence-electron chi connectivity index (χ1n) is 6.28. The molecule has 2 saturated carbocycles. The Bertz CT molecular complexity index is 218. The second-order valence-corrected chi connectivity index (χ2v) is 5.33. The molecule has 0 amide bonds. The lowest BCUT2D eigenvalue weighted by atomic mass is 9.98. The topological polar surface area (TPSA) is 35.5 Å². The average Bonchev–Trinajstić information content (AvgIpc) is 2.95. The molecule has 2 aliphatic rings. The van der Waals surface area contributed by atoms with Gasteiger partial charge in [0.1, 0.15) is 0 Å². The number of rotatable bonds is 5. The quantitative estimate of drug-likeness (QED) is 0.713. The number of hydrogen-bond acceptors (Lipinski definition) is 3. The van der Waals surface area contributed by atoms with E-state index in [1.165, 1.54) is 19.3 Å². The Kier molecular flexibility index (Phi) is 3.33. The minimum Gasteiger partial charge on any atom is -0.394 e. The van der Waals surface area contributed by atoms with Crippen molar-refractivity contribution in [3.05, 3.63) is 0 Å². The molecule has 0 aromatic heterocycles. The molecule has 0 saturated heterocycles. The zero-order valence-electron chi connectivity index (χ0n) is 10.00. The molecule has 15 heavy (non-hydrogen) atoms. The first-order valence-corrected chi connectivity index (χ1v) is 6.28. The molecule has 2 rings (SSSR count). The van der Waals surface area contributed by atoms with Crippen LogP contribution in [0.3, 0.4) is 0 Å². The van der Waals surface area contributed by atoms with Crippen LogP contribution in [-0.4, -0.2) is 47.8 Å². The molecule has 0 heterocycles. The van der Waals surface area contributed by atoms with Gasteiger partial charge in [0, 0.05) is 17.6 Å². The zero-order valence-corrected chi connectivity index (χ0v) is 10.00. The van der Waals surface area contributed by atoms with E-state index in [1.807, 2.05) is 0 Å². The maximum Gasteiger partial charge on any atom is 0.0614 e. The van der Waals surface area contributed by atoms with Crippen molar-refractivity contribution in [1.82, 2.24) is 10.2 Å². The summed E-state index contributed by atoms with van der Waals surface area (Å²) in [6.07, 6.45) is 6.08. The monoisotopic (exact) mass is 212 g/mol. The van der Waals surface area contributed by atoms with Crippen LogP contribution in [-0.2, 0) is 0 Å². The van der Waals surface area contributed by atoms with E-state index in [0.29, 0.717) is 18.7 Å². The van der Waals surface area contributed by atoms with Gasteiger partial charge in [0.25, 0.3) is 0 Å². The summed E-state index contributed by atoms with van der Waals surface area (Å²) < 4.78 is 0. The predicted molar refractivity (Wildman–Crippen MR) is 61.9 cm³/mol. The third-order valence-electron chi connectivity index (χ3n) is 4.09. The van der Waals surface area contributed by atoms with Gasteiger partial charge in [0.15, 0.2) is 0 Å². The normalized spacial score (nSPS) is 36.4. The van der Waals surface area contributed by atoms with Gasteiger partial charge >= 0.3 is 0 Å². The summed E-state index contributed by atoms with van der Waals surface area (Å²) >= 11 is 0. The van der Waals surface area contributed by atoms with E-state index < -0.39 is 0 Å². The summed E-state index contributed by atoms with van der Waals surface area (Å²) in [6, 6.07) is 1.36. The Hall–Kier alpha value is -0.120. The third-order valence-corrected chi connectivity index (χ3v) is 4.09. The maximum atomic E-state index is 9.58. The first-order chi connectivity index (χ1) is 7.19. The minimum absolute atomic E-state index is 0.0370. The van der Waals surface area contributed by atoms with Crippen molar-refractivity contribution in [2.45, 2.75) is 56.7 Å². The molecule has 3 heteroatoms. The second-order valence-electron chi connectivity index (χ2n) is 5.33. The average molecular weight is 212 g/mol. The molecule has 0 aliphatic heterocycles. The van der Waals surface area contributed by atoms with Gasteiger partial charge < -0.3 is 15.3 Å². The summed E-state index contributed by atoms with van der Waals surface area (Å²) in [6.45, 7) is 3.61. The van der Waals surface area contributed by atoms with Crippen LogP contribution in [0, 0.1) is 0 Å². The highest BCUT2D eigenvalue weighted by Gasteiger charge is 2.42. The van der Waals surface area contributed by atoms with Crippen molar-refractivity contribution in [3.8, 4) is 0 Å². The van der Waals surface area contributed by atoms with Crippen LogP contribution < -0.4 is 5.32 Å². The van der Waals surface area contributed by atoms with Gasteiger partial charge in [-0.2, -0.15) is 0 Å². The van der Waals surface area contributed by atoms with E-state index in [1.54, 1.807) is 0 Å². The molecule has 0 aromatic rings. The molecule has 88 valence electrons. The lowest BCUT2D eigenvalue weighted by Crippen LogP contribution is -2.48. The lowest BCUT2D eigenvalue weighted by Gasteiger charge is -2.30. The van der Waals surface area contributed by atoms with Gasteiger partial charge in [0.2, 0.25) is 0 Å². The number of aliphatic hydroxyl groups is 1. The molecule has 2 aliphatic carbocycles. The predicted octanol–water partition coefficient (Wildman–Crippen LogP) is 0.974. The Morgan fingerprint density at radius 3 is 2.67 bits per heavy atom. The van der Waals surface area contributed by atoms with Gasteiger partial charge in [-0.3, -0.25) is 0 Å². The van der Waals surface area contributed by atoms with E-state index in [-0.39, 0.29) is 5.54 Å². The lowest BCUT2D eigenvalue weighted by molar-refractivity contribution is 0.150. The largest absolute Gasteiger partial charge is 0.394 e. The molecule has 2 fully saturated rings. The maximum absolute atomic E-state index is 9.58. The highest BCUT2D eigenvalue weighted by molar-refractivity contribution is 5.02. The van der Waals surface area contributed by atoms with E-state index in [4.69, 9.17) is 0 Å². The molecule has 0 spiro atoms. The van der Waals surface area contributed by atoms with Crippen LogP contribution >= 0.6 is 0 Å². The van der Waals surface area contributed by atoms with Crippen molar-refractivity contribution in [2.24, 2.45) is 0 Å². The fourth-order valence-corrected chi connectivity index (χ4v) is 2.71. The Morgan fingerprint density at radius 1 is 1.40 bits per heavy atom. The highest BCUT2D eigenvalue weighted by atomic mass is 16.3. The third kappa shape index (κ3) is 2.52.